The van der Waals surface area contributed by atoms with Crippen molar-refractivity contribution in [2.45, 2.75) is 0 Å². The van der Waals surface area contributed by atoms with Gasteiger partial charge in [-0.3, -0.25) is 4.99 Å². The van der Waals surface area contributed by atoms with Crippen molar-refractivity contribution in [1.82, 2.24) is 4.68 Å². The topological polar surface area (TPSA) is 61.2 Å². The number of furan rings is 1. The maximum Gasteiger partial charge on any atom is 0.205 e. The highest BCUT2D eigenvalue weighted by Crippen LogP contribution is 2.33. The minimum absolute atomic E-state index is 0.670. The van der Waals surface area contributed by atoms with Crippen molar-refractivity contribution in [2.24, 2.45) is 10.1 Å². The Morgan fingerprint density at radius 1 is 1.21 bits per heavy atom. The largest absolute Gasteiger partial charge is 0.497 e. The second-order valence-electron chi connectivity index (χ2n) is 4.77. The van der Waals surface area contributed by atoms with Crippen LogP contribution in [0, 0.1) is 0 Å². The molecule has 0 radical (unpaired) electrons. The van der Waals surface area contributed by atoms with E-state index < -0.39 is 0 Å². The van der Waals surface area contributed by atoms with E-state index in [1.165, 1.54) is 11.3 Å². The lowest BCUT2D eigenvalue weighted by Gasteiger charge is -2.10. The molecule has 0 aliphatic heterocycles. The van der Waals surface area contributed by atoms with E-state index in [1.54, 1.807) is 38.4 Å². The molecule has 0 amide bonds. The molecule has 0 atom stereocenters. The molecule has 124 valence electrons. The Hall–Kier alpha value is -2.80. The number of nitrogens with zero attached hydrogens (tertiary/aromatic N) is 3. The molecule has 0 aliphatic carbocycles. The van der Waals surface area contributed by atoms with Crippen LogP contribution >= 0.6 is 11.3 Å². The Bertz CT molecular complexity index is 908. The van der Waals surface area contributed by atoms with Gasteiger partial charge < -0.3 is 13.9 Å². The second-order valence-corrected chi connectivity index (χ2v) is 5.60. The summed E-state index contributed by atoms with van der Waals surface area (Å²) in [6.45, 7) is 0. The van der Waals surface area contributed by atoms with Crippen LogP contribution in [0.4, 0.5) is 0 Å². The zero-order valence-corrected chi connectivity index (χ0v) is 14.4. The third-order valence-electron chi connectivity index (χ3n) is 3.40. The van der Waals surface area contributed by atoms with Gasteiger partial charge in [0.05, 0.1) is 32.4 Å². The number of rotatable bonds is 5. The molecule has 0 aliphatic rings. The van der Waals surface area contributed by atoms with Crippen LogP contribution in [-0.2, 0) is 0 Å². The summed E-state index contributed by atoms with van der Waals surface area (Å²) < 4.78 is 17.8. The van der Waals surface area contributed by atoms with Crippen LogP contribution < -0.4 is 14.3 Å². The van der Waals surface area contributed by atoms with Crippen LogP contribution in [0.3, 0.4) is 0 Å². The van der Waals surface area contributed by atoms with Gasteiger partial charge in [-0.05, 0) is 24.3 Å². The van der Waals surface area contributed by atoms with Crippen LogP contribution in [0.5, 0.6) is 11.5 Å². The molecule has 0 saturated heterocycles. The normalized spacial score (nSPS) is 12.0. The van der Waals surface area contributed by atoms with Gasteiger partial charge in [-0.25, -0.2) is 4.68 Å². The van der Waals surface area contributed by atoms with Crippen LogP contribution in [0.2, 0.25) is 0 Å². The third kappa shape index (κ3) is 3.11. The van der Waals surface area contributed by atoms with Gasteiger partial charge in [-0.15, -0.1) is 11.3 Å². The zero-order chi connectivity index (χ0) is 16.9. The Morgan fingerprint density at radius 2 is 2.08 bits per heavy atom. The highest BCUT2D eigenvalue weighted by molar-refractivity contribution is 7.07. The van der Waals surface area contributed by atoms with Crippen LogP contribution in [0.1, 0.15) is 5.76 Å². The molecule has 0 unspecified atom stereocenters. The number of aromatic nitrogens is 1. The molecular formula is C17H17N3O3S. The molecule has 2 aromatic heterocycles. The van der Waals surface area contributed by atoms with Gasteiger partial charge in [0.2, 0.25) is 4.80 Å². The molecule has 3 aromatic rings. The standard InChI is InChI=1S/C17H17N3O3S/c1-18-17-20(19-10-13-5-4-8-23-13)15(11-24-17)14-7-6-12(21-2)9-16(14)22-3/h4-11H,1-3H3. The molecule has 24 heavy (non-hydrogen) atoms. The quantitative estimate of drug-likeness (QED) is 0.668. The molecule has 1 aromatic carbocycles. The molecule has 0 saturated carbocycles. The van der Waals surface area contributed by atoms with Gasteiger partial charge >= 0.3 is 0 Å². The number of hydrogen-bond donors (Lipinski definition) is 0. The first kappa shape index (κ1) is 16.1. The van der Waals surface area contributed by atoms with E-state index in [2.05, 4.69) is 10.1 Å². The number of hydrogen-bond acceptors (Lipinski definition) is 6. The second kappa shape index (κ2) is 7.18. The lowest BCUT2D eigenvalue weighted by molar-refractivity contribution is 0.395. The average molecular weight is 343 g/mol. The third-order valence-corrected chi connectivity index (χ3v) is 4.31. The number of methoxy groups -OCH3 is 2. The fourth-order valence-corrected chi connectivity index (χ4v) is 3.03. The van der Waals surface area contributed by atoms with E-state index in [9.17, 15) is 0 Å². The smallest absolute Gasteiger partial charge is 0.205 e. The summed E-state index contributed by atoms with van der Waals surface area (Å²) in [5, 5.41) is 6.49. The fourth-order valence-electron chi connectivity index (χ4n) is 2.24. The highest BCUT2D eigenvalue weighted by Gasteiger charge is 2.13. The van der Waals surface area contributed by atoms with Crippen LogP contribution in [0.25, 0.3) is 11.3 Å². The lowest BCUT2D eigenvalue weighted by Crippen LogP contribution is -2.11. The monoisotopic (exact) mass is 343 g/mol. The molecule has 0 spiro atoms. The SMILES string of the molecule is CN=c1scc(-c2ccc(OC)cc2OC)n1N=Cc1ccco1. The molecule has 7 heteroatoms. The van der Waals surface area contributed by atoms with Crippen molar-refractivity contribution < 1.29 is 13.9 Å². The first-order valence-corrected chi connectivity index (χ1v) is 8.08. The summed E-state index contributed by atoms with van der Waals surface area (Å²) in [5.41, 5.74) is 1.78. The first-order valence-electron chi connectivity index (χ1n) is 7.20. The molecule has 0 fully saturated rings. The van der Waals surface area contributed by atoms with E-state index in [0.717, 1.165) is 21.8 Å². The summed E-state index contributed by atoms with van der Waals surface area (Å²) in [6.07, 6.45) is 3.26. The highest BCUT2D eigenvalue weighted by atomic mass is 32.1. The minimum Gasteiger partial charge on any atom is -0.497 e. The van der Waals surface area contributed by atoms with Gasteiger partial charge in [0, 0.05) is 24.1 Å². The maximum atomic E-state index is 5.50. The Kier molecular flexibility index (Phi) is 4.81. The number of ether oxygens (including phenoxy) is 2. The summed E-state index contributed by atoms with van der Waals surface area (Å²) in [7, 11) is 4.99. The predicted octanol–water partition coefficient (Wildman–Crippen LogP) is 3.24. The van der Waals surface area contributed by atoms with Crippen LogP contribution in [0.15, 0.2) is 56.5 Å². The summed E-state index contributed by atoms with van der Waals surface area (Å²) in [4.78, 5) is 5.05. The number of thiazole rings is 1. The Morgan fingerprint density at radius 3 is 2.75 bits per heavy atom. The van der Waals surface area contributed by atoms with Crippen molar-refractivity contribution in [3.05, 3.63) is 52.5 Å². The van der Waals surface area contributed by atoms with Crippen molar-refractivity contribution in [2.75, 3.05) is 21.3 Å². The van der Waals surface area contributed by atoms with Crippen molar-refractivity contribution in [1.29, 1.82) is 0 Å². The minimum atomic E-state index is 0.670. The molecule has 0 bridgehead atoms. The molecular weight excluding hydrogens is 326 g/mol. The fraction of sp³-hybridized carbons (Fsp3) is 0.176. The zero-order valence-electron chi connectivity index (χ0n) is 13.6. The van der Waals surface area contributed by atoms with Gasteiger partial charge in [0.15, 0.2) is 0 Å². The van der Waals surface area contributed by atoms with E-state index in [0.29, 0.717) is 11.5 Å². The van der Waals surface area contributed by atoms with Crippen LogP contribution in [-0.4, -0.2) is 32.2 Å². The van der Waals surface area contributed by atoms with Crippen molar-refractivity contribution in [3.8, 4) is 22.8 Å². The lowest BCUT2D eigenvalue weighted by atomic mass is 10.1. The van der Waals surface area contributed by atoms with E-state index >= 15 is 0 Å². The van der Waals surface area contributed by atoms with Gasteiger partial charge in [-0.1, -0.05) is 0 Å². The maximum absolute atomic E-state index is 5.50. The summed E-state index contributed by atoms with van der Waals surface area (Å²) >= 11 is 1.50. The summed E-state index contributed by atoms with van der Waals surface area (Å²) in [5.74, 6) is 2.11. The Labute approximate surface area is 143 Å². The van der Waals surface area contributed by atoms with E-state index in [1.807, 2.05) is 35.7 Å². The van der Waals surface area contributed by atoms with Gasteiger partial charge in [0.1, 0.15) is 17.3 Å². The predicted molar refractivity (Wildman–Crippen MR) is 94.0 cm³/mol. The molecule has 0 N–H and O–H groups in total. The van der Waals surface area contributed by atoms with Crippen molar-refractivity contribution >= 4 is 17.6 Å². The van der Waals surface area contributed by atoms with E-state index in [-0.39, 0.29) is 0 Å². The molecule has 6 nitrogen and oxygen atoms in total. The molecule has 2 heterocycles. The van der Waals surface area contributed by atoms with Crippen molar-refractivity contribution in [3.63, 3.8) is 0 Å². The average Bonchev–Trinajstić information content (AvgIpc) is 3.28. The van der Waals surface area contributed by atoms with Gasteiger partial charge in [0.25, 0.3) is 0 Å². The Balaban J connectivity index is 2.11. The van der Waals surface area contributed by atoms with Gasteiger partial charge in [-0.2, -0.15) is 5.10 Å². The first-order chi connectivity index (χ1) is 11.8. The number of benzene rings is 1. The van der Waals surface area contributed by atoms with E-state index in [4.69, 9.17) is 13.9 Å². The molecule has 3 rings (SSSR count). The summed E-state index contributed by atoms with van der Waals surface area (Å²) in [6, 6.07) is 9.33.